The molecule has 3 nitrogen and oxygen atoms in total. The fraction of sp³-hybridized carbons (Fsp3) is 0.286. The number of halogens is 1. The van der Waals surface area contributed by atoms with Crippen LogP contribution in [0.3, 0.4) is 0 Å². The first kappa shape index (κ1) is 13.0. The number of nitrogens with zero attached hydrogens (tertiary/aromatic N) is 2. The zero-order chi connectivity index (χ0) is 13.3. The number of hydrogen-bond acceptors (Lipinski definition) is 2. The van der Waals surface area contributed by atoms with Crippen molar-refractivity contribution in [3.63, 3.8) is 0 Å². The molecule has 4 heteroatoms. The molecule has 0 N–H and O–H groups in total. The van der Waals surface area contributed by atoms with E-state index in [9.17, 15) is 4.79 Å². The van der Waals surface area contributed by atoms with Crippen LogP contribution in [0.5, 0.6) is 0 Å². The second-order valence-electron chi connectivity index (χ2n) is 4.40. The van der Waals surface area contributed by atoms with E-state index < -0.39 is 0 Å². The monoisotopic (exact) mass is 306 g/mol. The van der Waals surface area contributed by atoms with Crippen LogP contribution in [0.2, 0.25) is 0 Å². The smallest absolute Gasteiger partial charge is 0.170 e. The maximum atomic E-state index is 12.3. The first-order valence-electron chi connectivity index (χ1n) is 5.77. The SMILES string of the molecule is Cc1nn(C)c(C)c1C(=O)Cc1cccc(Br)c1. The number of carbonyl (C=O) groups is 1. The summed E-state index contributed by atoms with van der Waals surface area (Å²) in [5.74, 6) is 0.121. The molecule has 18 heavy (non-hydrogen) atoms. The Labute approximate surface area is 115 Å². The molecule has 0 radical (unpaired) electrons. The van der Waals surface area contributed by atoms with E-state index >= 15 is 0 Å². The molecular formula is C14H15BrN2O. The van der Waals surface area contributed by atoms with Crippen LogP contribution in [0, 0.1) is 13.8 Å². The minimum Gasteiger partial charge on any atom is -0.294 e. The number of carbonyl (C=O) groups excluding carboxylic acids is 1. The van der Waals surface area contributed by atoms with Gasteiger partial charge in [-0.15, -0.1) is 0 Å². The van der Waals surface area contributed by atoms with Crippen LogP contribution in [0.4, 0.5) is 0 Å². The molecule has 1 aromatic heterocycles. The Kier molecular flexibility index (Phi) is 3.66. The van der Waals surface area contributed by atoms with E-state index in [4.69, 9.17) is 0 Å². The molecule has 0 spiro atoms. The third-order valence-electron chi connectivity index (χ3n) is 3.04. The van der Waals surface area contributed by atoms with Gasteiger partial charge >= 0.3 is 0 Å². The van der Waals surface area contributed by atoms with Gasteiger partial charge in [0.15, 0.2) is 5.78 Å². The van der Waals surface area contributed by atoms with Crippen molar-refractivity contribution in [2.75, 3.05) is 0 Å². The van der Waals surface area contributed by atoms with Gasteiger partial charge in [-0.05, 0) is 31.5 Å². The lowest BCUT2D eigenvalue weighted by Gasteiger charge is -2.03. The molecule has 0 unspecified atom stereocenters. The van der Waals surface area contributed by atoms with Gasteiger partial charge in [0.1, 0.15) is 0 Å². The molecule has 0 aliphatic rings. The average molecular weight is 307 g/mol. The van der Waals surface area contributed by atoms with E-state index in [-0.39, 0.29) is 5.78 Å². The molecule has 0 atom stereocenters. The van der Waals surface area contributed by atoms with Gasteiger partial charge in [-0.25, -0.2) is 0 Å². The van der Waals surface area contributed by atoms with Gasteiger partial charge < -0.3 is 0 Å². The van der Waals surface area contributed by atoms with Crippen molar-refractivity contribution in [1.82, 2.24) is 9.78 Å². The van der Waals surface area contributed by atoms with Crippen LogP contribution in [0.15, 0.2) is 28.7 Å². The second kappa shape index (κ2) is 5.06. The molecule has 0 amide bonds. The van der Waals surface area contributed by atoms with Gasteiger partial charge in [-0.2, -0.15) is 5.10 Å². The van der Waals surface area contributed by atoms with E-state index in [1.54, 1.807) is 4.68 Å². The van der Waals surface area contributed by atoms with Gasteiger partial charge in [0.25, 0.3) is 0 Å². The highest BCUT2D eigenvalue weighted by molar-refractivity contribution is 9.10. The van der Waals surface area contributed by atoms with Gasteiger partial charge in [-0.1, -0.05) is 28.1 Å². The van der Waals surface area contributed by atoms with Crippen molar-refractivity contribution in [2.24, 2.45) is 7.05 Å². The third-order valence-corrected chi connectivity index (χ3v) is 3.53. The van der Waals surface area contributed by atoms with E-state index in [1.165, 1.54) is 0 Å². The molecule has 1 aromatic carbocycles. The summed E-state index contributed by atoms with van der Waals surface area (Å²) in [6, 6.07) is 7.83. The van der Waals surface area contributed by atoms with Gasteiger partial charge in [0.05, 0.1) is 11.3 Å². The van der Waals surface area contributed by atoms with Crippen molar-refractivity contribution >= 4 is 21.7 Å². The first-order valence-corrected chi connectivity index (χ1v) is 6.56. The van der Waals surface area contributed by atoms with E-state index in [1.807, 2.05) is 45.2 Å². The summed E-state index contributed by atoms with van der Waals surface area (Å²) in [7, 11) is 1.86. The standard InChI is InChI=1S/C14H15BrN2O/c1-9-14(10(2)17(3)16-9)13(18)8-11-5-4-6-12(15)7-11/h4-7H,8H2,1-3H3. The number of aromatic nitrogens is 2. The fourth-order valence-electron chi connectivity index (χ4n) is 2.10. The molecule has 1 heterocycles. The number of rotatable bonds is 3. The van der Waals surface area contributed by atoms with Crippen LogP contribution >= 0.6 is 15.9 Å². The van der Waals surface area contributed by atoms with Gasteiger partial charge in [-0.3, -0.25) is 9.48 Å². The van der Waals surface area contributed by atoms with Crippen molar-refractivity contribution in [2.45, 2.75) is 20.3 Å². The summed E-state index contributed by atoms with van der Waals surface area (Å²) in [6.45, 7) is 3.80. The number of benzene rings is 1. The van der Waals surface area contributed by atoms with E-state index in [0.29, 0.717) is 6.42 Å². The molecule has 2 rings (SSSR count). The second-order valence-corrected chi connectivity index (χ2v) is 5.31. The normalized spacial score (nSPS) is 10.7. The maximum Gasteiger partial charge on any atom is 0.170 e. The predicted octanol–water partition coefficient (Wildman–Crippen LogP) is 3.22. The van der Waals surface area contributed by atoms with Crippen LogP contribution in [-0.4, -0.2) is 15.6 Å². The molecule has 0 aliphatic heterocycles. The Morgan fingerprint density at radius 3 is 2.67 bits per heavy atom. The zero-order valence-electron chi connectivity index (χ0n) is 10.7. The molecule has 94 valence electrons. The van der Waals surface area contributed by atoms with Crippen molar-refractivity contribution in [3.05, 3.63) is 51.3 Å². The minimum atomic E-state index is 0.121. The lowest BCUT2D eigenvalue weighted by molar-refractivity contribution is 0.0991. The molecule has 2 aromatic rings. The lowest BCUT2D eigenvalue weighted by atomic mass is 10.0. The van der Waals surface area contributed by atoms with E-state index in [2.05, 4.69) is 21.0 Å². The summed E-state index contributed by atoms with van der Waals surface area (Å²) in [5, 5.41) is 4.28. The average Bonchev–Trinajstić information content (AvgIpc) is 2.53. The van der Waals surface area contributed by atoms with Gasteiger partial charge in [0, 0.05) is 23.6 Å². The van der Waals surface area contributed by atoms with Crippen molar-refractivity contribution in [3.8, 4) is 0 Å². The molecule has 0 fully saturated rings. The molecular weight excluding hydrogens is 292 g/mol. The highest BCUT2D eigenvalue weighted by Crippen LogP contribution is 2.17. The maximum absolute atomic E-state index is 12.3. The number of aryl methyl sites for hydroxylation is 2. The highest BCUT2D eigenvalue weighted by atomic mass is 79.9. The quantitative estimate of drug-likeness (QED) is 0.816. The Balaban J connectivity index is 2.27. The van der Waals surface area contributed by atoms with Gasteiger partial charge in [0.2, 0.25) is 0 Å². The predicted molar refractivity (Wildman–Crippen MR) is 74.9 cm³/mol. The largest absolute Gasteiger partial charge is 0.294 e. The van der Waals surface area contributed by atoms with E-state index in [0.717, 1.165) is 27.0 Å². The highest BCUT2D eigenvalue weighted by Gasteiger charge is 2.17. The van der Waals surface area contributed by atoms with Crippen LogP contribution in [-0.2, 0) is 13.5 Å². The minimum absolute atomic E-state index is 0.121. The Hall–Kier alpha value is -1.42. The molecule has 0 bridgehead atoms. The van der Waals surface area contributed by atoms with Crippen LogP contribution in [0.1, 0.15) is 27.3 Å². The van der Waals surface area contributed by atoms with Crippen molar-refractivity contribution < 1.29 is 4.79 Å². The Morgan fingerprint density at radius 1 is 1.39 bits per heavy atom. The number of ketones is 1. The Bertz CT molecular complexity index is 602. The lowest BCUT2D eigenvalue weighted by Crippen LogP contribution is -2.06. The third kappa shape index (κ3) is 2.53. The Morgan fingerprint density at radius 2 is 2.11 bits per heavy atom. The summed E-state index contributed by atoms with van der Waals surface area (Å²) >= 11 is 3.41. The summed E-state index contributed by atoms with van der Waals surface area (Å²) in [5.41, 5.74) is 3.48. The topological polar surface area (TPSA) is 34.9 Å². The molecule has 0 saturated carbocycles. The summed E-state index contributed by atoms with van der Waals surface area (Å²) in [4.78, 5) is 12.3. The molecule has 0 saturated heterocycles. The van der Waals surface area contributed by atoms with Crippen LogP contribution < -0.4 is 0 Å². The number of hydrogen-bond donors (Lipinski definition) is 0. The van der Waals surface area contributed by atoms with Crippen molar-refractivity contribution in [1.29, 1.82) is 0 Å². The first-order chi connectivity index (χ1) is 8.49. The fourth-order valence-corrected chi connectivity index (χ4v) is 2.54. The summed E-state index contributed by atoms with van der Waals surface area (Å²) < 4.78 is 2.75. The van der Waals surface area contributed by atoms with Crippen LogP contribution in [0.25, 0.3) is 0 Å². The number of Topliss-reactive ketones (excluding diaryl/α,β-unsaturated/α-hetero) is 1. The zero-order valence-corrected chi connectivity index (χ0v) is 12.3. The molecule has 0 aliphatic carbocycles. The summed E-state index contributed by atoms with van der Waals surface area (Å²) in [6.07, 6.45) is 0.410.